The van der Waals surface area contributed by atoms with Gasteiger partial charge in [-0.25, -0.2) is 0 Å². The van der Waals surface area contributed by atoms with Gasteiger partial charge in [0.2, 0.25) is 0 Å². The summed E-state index contributed by atoms with van der Waals surface area (Å²) in [5.74, 6) is -0.353. The Morgan fingerprint density at radius 2 is 2.18 bits per heavy atom. The third-order valence-corrected chi connectivity index (χ3v) is 2.48. The maximum atomic E-state index is 11.3. The molecule has 1 aromatic rings. The molecule has 0 saturated heterocycles. The highest BCUT2D eigenvalue weighted by molar-refractivity contribution is 5.74. The van der Waals surface area contributed by atoms with Crippen LogP contribution < -0.4 is 0 Å². The van der Waals surface area contributed by atoms with Crippen LogP contribution in [0.5, 0.6) is 5.75 Å². The Morgan fingerprint density at radius 3 is 2.71 bits per heavy atom. The van der Waals surface area contributed by atoms with Gasteiger partial charge >= 0.3 is 5.97 Å². The van der Waals surface area contributed by atoms with Crippen molar-refractivity contribution < 1.29 is 14.6 Å². The minimum Gasteiger partial charge on any atom is -0.507 e. The molecule has 0 aliphatic heterocycles. The van der Waals surface area contributed by atoms with Crippen LogP contribution in [0.1, 0.15) is 30.5 Å². The smallest absolute Gasteiger partial charge is 0.310 e. The fourth-order valence-corrected chi connectivity index (χ4v) is 1.66. The van der Waals surface area contributed by atoms with Gasteiger partial charge < -0.3 is 9.84 Å². The molecule has 90 valence electrons. The Kier molecular flexibility index (Phi) is 4.53. The van der Waals surface area contributed by atoms with E-state index in [2.05, 4.69) is 0 Å². The first-order valence-electron chi connectivity index (χ1n) is 5.53. The van der Waals surface area contributed by atoms with E-state index in [1.807, 2.05) is 13.0 Å². The van der Waals surface area contributed by atoms with Gasteiger partial charge in [0.15, 0.2) is 0 Å². The molecular weight excluding hydrogens is 218 g/mol. The number of aromatic hydroxyl groups is 1. The average molecular weight is 233 g/mol. The van der Waals surface area contributed by atoms with Crippen molar-refractivity contribution in [1.82, 2.24) is 0 Å². The number of hydrogen-bond acceptors (Lipinski definition) is 4. The van der Waals surface area contributed by atoms with Crippen LogP contribution in [-0.2, 0) is 22.4 Å². The van der Waals surface area contributed by atoms with Crippen LogP contribution in [0.15, 0.2) is 12.1 Å². The number of nitrogens with zero attached hydrogens (tertiary/aromatic N) is 1. The standard InChI is InChI=1S/C13H15NO3/c1-3-11-10(8-14)6-5-9(13(11)16)7-12(15)17-4-2/h5-6,16H,3-4,7H2,1-2H3. The van der Waals surface area contributed by atoms with Gasteiger partial charge in [-0.1, -0.05) is 13.0 Å². The second-order valence-corrected chi connectivity index (χ2v) is 3.55. The van der Waals surface area contributed by atoms with Crippen LogP contribution in [0.4, 0.5) is 0 Å². The zero-order valence-corrected chi connectivity index (χ0v) is 9.99. The third kappa shape index (κ3) is 2.97. The number of phenols is 1. The van der Waals surface area contributed by atoms with Gasteiger partial charge in [-0.15, -0.1) is 0 Å². The molecule has 0 aromatic heterocycles. The number of rotatable bonds is 4. The Morgan fingerprint density at radius 1 is 1.47 bits per heavy atom. The molecule has 0 unspecified atom stereocenters. The lowest BCUT2D eigenvalue weighted by atomic mass is 9.99. The molecule has 0 fully saturated rings. The third-order valence-electron chi connectivity index (χ3n) is 2.48. The van der Waals surface area contributed by atoms with Crippen molar-refractivity contribution in [2.24, 2.45) is 0 Å². The predicted octanol–water partition coefficient (Wildman–Crippen LogP) is 1.93. The van der Waals surface area contributed by atoms with E-state index in [0.29, 0.717) is 29.7 Å². The average Bonchev–Trinajstić information content (AvgIpc) is 2.31. The van der Waals surface area contributed by atoms with Gasteiger partial charge in [-0.3, -0.25) is 4.79 Å². The van der Waals surface area contributed by atoms with E-state index in [-0.39, 0.29) is 18.1 Å². The molecular formula is C13H15NO3. The van der Waals surface area contributed by atoms with Gasteiger partial charge in [0.05, 0.1) is 24.7 Å². The Bertz CT molecular complexity index is 460. The first-order valence-corrected chi connectivity index (χ1v) is 5.53. The molecule has 4 nitrogen and oxygen atoms in total. The fraction of sp³-hybridized carbons (Fsp3) is 0.385. The SMILES string of the molecule is CCOC(=O)Cc1ccc(C#N)c(CC)c1O. The molecule has 0 amide bonds. The van der Waals surface area contributed by atoms with Crippen LogP contribution in [-0.4, -0.2) is 17.7 Å². The van der Waals surface area contributed by atoms with Gasteiger partial charge in [0.1, 0.15) is 5.75 Å². The number of esters is 1. The van der Waals surface area contributed by atoms with Gasteiger partial charge in [-0.05, 0) is 19.4 Å². The summed E-state index contributed by atoms with van der Waals surface area (Å²) in [7, 11) is 0. The topological polar surface area (TPSA) is 70.3 Å². The quantitative estimate of drug-likeness (QED) is 0.807. The normalized spacial score (nSPS) is 9.71. The number of hydrogen-bond donors (Lipinski definition) is 1. The first-order chi connectivity index (χ1) is 8.13. The van der Waals surface area contributed by atoms with Crippen molar-refractivity contribution in [2.75, 3.05) is 6.61 Å². The minimum atomic E-state index is -0.380. The van der Waals surface area contributed by atoms with Crippen molar-refractivity contribution in [3.05, 3.63) is 28.8 Å². The van der Waals surface area contributed by atoms with E-state index in [1.54, 1.807) is 19.1 Å². The summed E-state index contributed by atoms with van der Waals surface area (Å²) in [6, 6.07) is 5.22. The Balaban J connectivity index is 3.03. The van der Waals surface area contributed by atoms with Crippen LogP contribution >= 0.6 is 0 Å². The monoisotopic (exact) mass is 233 g/mol. The number of nitriles is 1. The second kappa shape index (κ2) is 5.90. The number of phenolic OH excluding ortho intramolecular Hbond substituents is 1. The summed E-state index contributed by atoms with van der Waals surface area (Å²) >= 11 is 0. The molecule has 0 saturated carbocycles. The molecule has 0 bridgehead atoms. The lowest BCUT2D eigenvalue weighted by molar-refractivity contribution is -0.142. The maximum absolute atomic E-state index is 11.3. The van der Waals surface area contributed by atoms with E-state index >= 15 is 0 Å². The van der Waals surface area contributed by atoms with Crippen molar-refractivity contribution in [1.29, 1.82) is 5.26 Å². The van der Waals surface area contributed by atoms with Gasteiger partial charge in [0, 0.05) is 11.1 Å². The number of carbonyl (C=O) groups excluding carboxylic acids is 1. The summed E-state index contributed by atoms with van der Waals surface area (Å²) in [6.45, 7) is 3.90. The van der Waals surface area contributed by atoms with Crippen molar-refractivity contribution in [3.63, 3.8) is 0 Å². The molecule has 0 aliphatic rings. The van der Waals surface area contributed by atoms with Crippen molar-refractivity contribution in [2.45, 2.75) is 26.7 Å². The molecule has 1 N–H and O–H groups in total. The highest BCUT2D eigenvalue weighted by Gasteiger charge is 2.14. The largest absolute Gasteiger partial charge is 0.507 e. The molecule has 0 heterocycles. The first kappa shape index (κ1) is 13.0. The summed E-state index contributed by atoms with van der Waals surface area (Å²) in [6.07, 6.45) is 0.573. The Hall–Kier alpha value is -2.02. The fourth-order valence-electron chi connectivity index (χ4n) is 1.66. The van der Waals surface area contributed by atoms with Crippen molar-refractivity contribution >= 4 is 5.97 Å². The van der Waals surface area contributed by atoms with Gasteiger partial charge in [0.25, 0.3) is 0 Å². The van der Waals surface area contributed by atoms with E-state index in [1.165, 1.54) is 0 Å². The van der Waals surface area contributed by atoms with Gasteiger partial charge in [-0.2, -0.15) is 5.26 Å². The van der Waals surface area contributed by atoms with Crippen LogP contribution in [0.3, 0.4) is 0 Å². The number of ether oxygens (including phenoxy) is 1. The summed E-state index contributed by atoms with van der Waals surface area (Å²) in [5.41, 5.74) is 1.52. The minimum absolute atomic E-state index is 0.0262. The molecule has 17 heavy (non-hydrogen) atoms. The molecule has 0 radical (unpaired) electrons. The van der Waals surface area contributed by atoms with E-state index < -0.39 is 0 Å². The van der Waals surface area contributed by atoms with E-state index in [4.69, 9.17) is 10.00 Å². The van der Waals surface area contributed by atoms with E-state index in [9.17, 15) is 9.90 Å². The predicted molar refractivity (Wildman–Crippen MR) is 62.5 cm³/mol. The number of benzene rings is 1. The van der Waals surface area contributed by atoms with Crippen LogP contribution in [0.2, 0.25) is 0 Å². The van der Waals surface area contributed by atoms with Crippen LogP contribution in [0.25, 0.3) is 0 Å². The second-order valence-electron chi connectivity index (χ2n) is 3.55. The molecule has 1 rings (SSSR count). The highest BCUT2D eigenvalue weighted by atomic mass is 16.5. The highest BCUT2D eigenvalue weighted by Crippen LogP contribution is 2.27. The summed E-state index contributed by atoms with van der Waals surface area (Å²) in [5, 5.41) is 18.8. The van der Waals surface area contributed by atoms with Crippen LogP contribution in [0, 0.1) is 11.3 Å². The molecule has 0 aliphatic carbocycles. The molecule has 0 spiro atoms. The Labute approximate surface area is 100 Å². The summed E-state index contributed by atoms with van der Waals surface area (Å²) < 4.78 is 4.82. The lowest BCUT2D eigenvalue weighted by Gasteiger charge is -2.09. The number of carbonyl (C=O) groups is 1. The molecule has 1 aromatic carbocycles. The molecule has 0 atom stereocenters. The molecule has 4 heteroatoms. The maximum Gasteiger partial charge on any atom is 0.310 e. The lowest BCUT2D eigenvalue weighted by Crippen LogP contribution is -2.08. The zero-order chi connectivity index (χ0) is 12.8. The zero-order valence-electron chi connectivity index (χ0n) is 9.99. The van der Waals surface area contributed by atoms with E-state index in [0.717, 1.165) is 0 Å². The van der Waals surface area contributed by atoms with Crippen molar-refractivity contribution in [3.8, 4) is 11.8 Å². The summed E-state index contributed by atoms with van der Waals surface area (Å²) in [4.78, 5) is 11.3.